The van der Waals surface area contributed by atoms with Crippen LogP contribution in [0.1, 0.15) is 25.7 Å². The van der Waals surface area contributed by atoms with E-state index < -0.39 is 24.0 Å². The molecule has 3 N–H and O–H groups in total. The Labute approximate surface area is 96.6 Å². The van der Waals surface area contributed by atoms with Crippen molar-refractivity contribution in [3.63, 3.8) is 0 Å². The van der Waals surface area contributed by atoms with Crippen molar-refractivity contribution in [2.75, 3.05) is 6.54 Å². The molecule has 92 valence electrons. The van der Waals surface area contributed by atoms with Crippen molar-refractivity contribution >= 4 is 23.1 Å². The summed E-state index contributed by atoms with van der Waals surface area (Å²) in [7, 11) is 0. The lowest BCUT2D eigenvalue weighted by Gasteiger charge is -2.26. The van der Waals surface area contributed by atoms with Crippen LogP contribution in [-0.4, -0.2) is 23.6 Å². The Hall–Kier alpha value is -0.850. The standard InChI is InChI=1S/C9H13F3N2OS/c10-9(11,12)5-14-7(15)8(6(13)16)3-1-2-4-8/h1-5H2,(H2,13,16)(H,14,15). The van der Waals surface area contributed by atoms with Gasteiger partial charge in [0.1, 0.15) is 6.54 Å². The minimum absolute atomic E-state index is 0.00956. The monoisotopic (exact) mass is 254 g/mol. The van der Waals surface area contributed by atoms with E-state index in [9.17, 15) is 18.0 Å². The first-order valence-corrected chi connectivity index (χ1v) is 5.34. The topological polar surface area (TPSA) is 55.1 Å². The predicted molar refractivity (Wildman–Crippen MR) is 56.8 cm³/mol. The molecule has 1 aliphatic carbocycles. The fourth-order valence-corrected chi connectivity index (χ4v) is 2.21. The Bertz CT molecular complexity index is 298. The van der Waals surface area contributed by atoms with Crippen LogP contribution in [0, 0.1) is 5.41 Å². The molecule has 3 nitrogen and oxygen atoms in total. The highest BCUT2D eigenvalue weighted by Crippen LogP contribution is 2.38. The number of halogens is 3. The van der Waals surface area contributed by atoms with Crippen LogP contribution in [0.2, 0.25) is 0 Å². The summed E-state index contributed by atoms with van der Waals surface area (Å²) in [6, 6.07) is 0. The zero-order valence-corrected chi connectivity index (χ0v) is 9.38. The van der Waals surface area contributed by atoms with Crippen molar-refractivity contribution < 1.29 is 18.0 Å². The molecule has 1 amide bonds. The van der Waals surface area contributed by atoms with Gasteiger partial charge in [-0.2, -0.15) is 13.2 Å². The highest BCUT2D eigenvalue weighted by atomic mass is 32.1. The second kappa shape index (κ2) is 4.57. The van der Waals surface area contributed by atoms with Crippen molar-refractivity contribution in [1.82, 2.24) is 5.32 Å². The van der Waals surface area contributed by atoms with Gasteiger partial charge in [0, 0.05) is 0 Å². The molecule has 0 aliphatic heterocycles. The molecular formula is C9H13F3N2OS. The van der Waals surface area contributed by atoms with E-state index in [-0.39, 0.29) is 4.99 Å². The quantitative estimate of drug-likeness (QED) is 0.751. The minimum atomic E-state index is -4.41. The molecule has 16 heavy (non-hydrogen) atoms. The number of carbonyl (C=O) groups is 1. The Morgan fingerprint density at radius 2 is 1.88 bits per heavy atom. The maximum absolute atomic E-state index is 11.9. The molecule has 1 fully saturated rings. The van der Waals surface area contributed by atoms with Crippen LogP contribution in [0.3, 0.4) is 0 Å². The average molecular weight is 254 g/mol. The van der Waals surface area contributed by atoms with Crippen LogP contribution < -0.4 is 11.1 Å². The summed E-state index contributed by atoms with van der Waals surface area (Å²) in [4.78, 5) is 11.7. The third-order valence-electron chi connectivity index (χ3n) is 2.81. The molecule has 0 saturated heterocycles. The Morgan fingerprint density at radius 1 is 1.38 bits per heavy atom. The zero-order valence-electron chi connectivity index (χ0n) is 8.56. The Kier molecular flexibility index (Phi) is 3.77. The number of carbonyl (C=O) groups excluding carboxylic acids is 1. The van der Waals surface area contributed by atoms with Gasteiger partial charge >= 0.3 is 6.18 Å². The van der Waals surface area contributed by atoms with Gasteiger partial charge in [0.05, 0.1) is 10.4 Å². The summed E-state index contributed by atoms with van der Waals surface area (Å²) in [6.45, 7) is -1.34. The second-order valence-corrected chi connectivity index (χ2v) is 4.39. The highest BCUT2D eigenvalue weighted by molar-refractivity contribution is 7.80. The van der Waals surface area contributed by atoms with Crippen LogP contribution in [0.15, 0.2) is 0 Å². The fourth-order valence-electron chi connectivity index (χ4n) is 1.91. The van der Waals surface area contributed by atoms with Crippen LogP contribution in [-0.2, 0) is 4.79 Å². The van der Waals surface area contributed by atoms with Crippen molar-refractivity contribution in [3.8, 4) is 0 Å². The van der Waals surface area contributed by atoms with E-state index in [0.29, 0.717) is 12.8 Å². The van der Waals surface area contributed by atoms with Crippen molar-refractivity contribution in [2.24, 2.45) is 11.1 Å². The number of nitrogens with two attached hydrogens (primary N) is 1. The first-order chi connectivity index (χ1) is 7.28. The molecule has 0 heterocycles. The van der Waals surface area contributed by atoms with E-state index in [2.05, 4.69) is 0 Å². The number of amides is 1. The molecule has 0 radical (unpaired) electrons. The molecular weight excluding hydrogens is 241 g/mol. The van der Waals surface area contributed by atoms with Crippen molar-refractivity contribution in [1.29, 1.82) is 0 Å². The van der Waals surface area contributed by atoms with Crippen LogP contribution in [0.4, 0.5) is 13.2 Å². The largest absolute Gasteiger partial charge is 0.405 e. The minimum Gasteiger partial charge on any atom is -0.392 e. The summed E-state index contributed by atoms with van der Waals surface area (Å²) in [5.41, 5.74) is 4.39. The van der Waals surface area contributed by atoms with Crippen LogP contribution in [0.25, 0.3) is 0 Å². The van der Waals surface area contributed by atoms with Gasteiger partial charge in [0.2, 0.25) is 5.91 Å². The van der Waals surface area contributed by atoms with Gasteiger partial charge in [0.15, 0.2) is 0 Å². The molecule has 0 aromatic heterocycles. The number of nitrogens with one attached hydrogen (secondary N) is 1. The van der Waals surface area contributed by atoms with Crippen LogP contribution >= 0.6 is 12.2 Å². The van der Waals surface area contributed by atoms with Gasteiger partial charge in [-0.25, -0.2) is 0 Å². The molecule has 0 bridgehead atoms. The lowest BCUT2D eigenvalue weighted by atomic mass is 9.85. The molecule has 1 saturated carbocycles. The Balaban J connectivity index is 2.67. The Morgan fingerprint density at radius 3 is 2.25 bits per heavy atom. The van der Waals surface area contributed by atoms with Crippen LogP contribution in [0.5, 0.6) is 0 Å². The van der Waals surface area contributed by atoms with Crippen molar-refractivity contribution in [3.05, 3.63) is 0 Å². The summed E-state index contributed by atoms with van der Waals surface area (Å²) in [5.74, 6) is -0.699. The molecule has 0 spiro atoms. The summed E-state index contributed by atoms with van der Waals surface area (Å²) < 4.78 is 35.8. The second-order valence-electron chi connectivity index (χ2n) is 3.95. The lowest BCUT2D eigenvalue weighted by molar-refractivity contribution is -0.142. The molecule has 0 unspecified atom stereocenters. The van der Waals surface area contributed by atoms with Gasteiger partial charge in [-0.05, 0) is 12.8 Å². The van der Waals surface area contributed by atoms with E-state index >= 15 is 0 Å². The molecule has 1 rings (SSSR count). The van der Waals surface area contributed by atoms with E-state index in [1.54, 1.807) is 0 Å². The summed E-state index contributed by atoms with van der Waals surface area (Å²) >= 11 is 4.79. The zero-order chi connectivity index (χ0) is 12.4. The average Bonchev–Trinajstić information content (AvgIpc) is 2.62. The van der Waals surface area contributed by atoms with E-state index in [0.717, 1.165) is 12.8 Å². The van der Waals surface area contributed by atoms with Gasteiger partial charge in [-0.15, -0.1) is 0 Å². The molecule has 7 heteroatoms. The number of rotatable bonds is 3. The normalized spacial score (nSPS) is 19.4. The summed E-state index contributed by atoms with van der Waals surface area (Å²) in [5, 5.41) is 1.86. The number of alkyl halides is 3. The number of thiocarbonyl (C=S) groups is 1. The lowest BCUT2D eigenvalue weighted by Crippen LogP contribution is -2.49. The smallest absolute Gasteiger partial charge is 0.392 e. The highest BCUT2D eigenvalue weighted by Gasteiger charge is 2.44. The number of hydrogen-bond donors (Lipinski definition) is 2. The maximum atomic E-state index is 11.9. The fraction of sp³-hybridized carbons (Fsp3) is 0.778. The van der Waals surface area contributed by atoms with E-state index in [1.807, 2.05) is 5.32 Å². The van der Waals surface area contributed by atoms with E-state index in [4.69, 9.17) is 18.0 Å². The SMILES string of the molecule is NC(=S)C1(C(=O)NCC(F)(F)F)CCCC1. The van der Waals surface area contributed by atoms with Gasteiger partial charge in [-0.3, -0.25) is 4.79 Å². The maximum Gasteiger partial charge on any atom is 0.405 e. The third-order valence-corrected chi connectivity index (χ3v) is 3.20. The first kappa shape index (κ1) is 13.2. The third kappa shape index (κ3) is 2.84. The van der Waals surface area contributed by atoms with Gasteiger partial charge in [0.25, 0.3) is 0 Å². The van der Waals surface area contributed by atoms with Crippen molar-refractivity contribution in [2.45, 2.75) is 31.9 Å². The van der Waals surface area contributed by atoms with Gasteiger partial charge < -0.3 is 11.1 Å². The van der Waals surface area contributed by atoms with E-state index in [1.165, 1.54) is 0 Å². The summed E-state index contributed by atoms with van der Waals surface area (Å²) in [6.07, 6.45) is -2.02. The molecule has 0 aromatic carbocycles. The molecule has 0 atom stereocenters. The number of hydrogen-bond acceptors (Lipinski definition) is 2. The first-order valence-electron chi connectivity index (χ1n) is 4.93. The molecule has 1 aliphatic rings. The van der Waals surface area contributed by atoms with Gasteiger partial charge in [-0.1, -0.05) is 25.1 Å². The predicted octanol–water partition coefficient (Wildman–Crippen LogP) is 1.51. The molecule has 0 aromatic rings.